The van der Waals surface area contributed by atoms with Crippen molar-refractivity contribution in [2.45, 2.75) is 12.5 Å². The van der Waals surface area contributed by atoms with Crippen LogP contribution in [-0.2, 0) is 6.42 Å². The van der Waals surface area contributed by atoms with E-state index < -0.39 is 0 Å². The maximum atomic E-state index is 13.5. The van der Waals surface area contributed by atoms with E-state index >= 15 is 0 Å². The number of H-pyrrole nitrogens is 1. The fourth-order valence-corrected chi connectivity index (χ4v) is 4.66. The van der Waals surface area contributed by atoms with Gasteiger partial charge < -0.3 is 14.4 Å². The van der Waals surface area contributed by atoms with Crippen LogP contribution in [0.3, 0.4) is 0 Å². The van der Waals surface area contributed by atoms with Crippen molar-refractivity contribution in [3.8, 4) is 22.8 Å². The Hall–Kier alpha value is -3.77. The van der Waals surface area contributed by atoms with Crippen molar-refractivity contribution in [2.75, 3.05) is 20.8 Å². The van der Waals surface area contributed by atoms with Crippen molar-refractivity contribution in [2.24, 2.45) is 0 Å². The Morgan fingerprint density at radius 2 is 1.65 bits per heavy atom. The summed E-state index contributed by atoms with van der Waals surface area (Å²) in [5.41, 5.74) is 5.13. The topological polar surface area (TPSA) is 67.5 Å². The predicted octanol–water partition coefficient (Wildman–Crippen LogP) is 5.54. The molecule has 4 aromatic rings. The number of carbonyl (C=O) groups excluding carboxylic acids is 1. The smallest absolute Gasteiger partial charge is 0.273 e. The Labute approximate surface area is 203 Å². The number of rotatable bonds is 7. The molecule has 1 amide bonds. The van der Waals surface area contributed by atoms with Crippen LogP contribution in [0.15, 0.2) is 72.8 Å². The van der Waals surface area contributed by atoms with Gasteiger partial charge in [0.2, 0.25) is 0 Å². The van der Waals surface area contributed by atoms with Gasteiger partial charge in [-0.2, -0.15) is 5.10 Å². The molecule has 172 valence electrons. The Kier molecular flexibility index (Phi) is 5.99. The van der Waals surface area contributed by atoms with Crippen LogP contribution in [0.25, 0.3) is 11.3 Å². The van der Waals surface area contributed by atoms with E-state index in [-0.39, 0.29) is 11.9 Å². The lowest BCUT2D eigenvalue weighted by Crippen LogP contribution is -2.31. The standard InChI is InChI=1S/C27H24ClN3O3/c1-33-21-10-6-17(7-11-21)14-15-31-26(19-4-3-5-20(28)16-19)23-24(29-30-25(23)27(31)32)18-8-12-22(34-2)13-9-18/h3-13,16,26H,14-15H2,1-2H3,(H,29,30). The van der Waals surface area contributed by atoms with E-state index in [9.17, 15) is 4.79 Å². The molecule has 1 aliphatic heterocycles. The van der Waals surface area contributed by atoms with Crippen molar-refractivity contribution in [1.29, 1.82) is 0 Å². The number of methoxy groups -OCH3 is 2. The van der Waals surface area contributed by atoms with Gasteiger partial charge in [-0.3, -0.25) is 9.89 Å². The number of hydrogen-bond donors (Lipinski definition) is 1. The van der Waals surface area contributed by atoms with Gasteiger partial charge in [0.15, 0.2) is 0 Å². The van der Waals surface area contributed by atoms with Gasteiger partial charge in [-0.25, -0.2) is 0 Å². The molecule has 0 bridgehead atoms. The van der Waals surface area contributed by atoms with Gasteiger partial charge in [0.25, 0.3) is 5.91 Å². The van der Waals surface area contributed by atoms with Gasteiger partial charge in [-0.15, -0.1) is 0 Å². The third-order valence-electron chi connectivity index (χ3n) is 6.19. The summed E-state index contributed by atoms with van der Waals surface area (Å²) in [5.74, 6) is 1.50. The highest BCUT2D eigenvalue weighted by atomic mass is 35.5. The number of benzene rings is 3. The number of nitrogens with zero attached hydrogens (tertiary/aromatic N) is 2. The summed E-state index contributed by atoms with van der Waals surface area (Å²) in [6.45, 7) is 0.549. The largest absolute Gasteiger partial charge is 0.497 e. The lowest BCUT2D eigenvalue weighted by atomic mass is 9.96. The van der Waals surface area contributed by atoms with Gasteiger partial charge in [0, 0.05) is 22.7 Å². The molecule has 1 aromatic heterocycles. The molecule has 1 N–H and O–H groups in total. The molecule has 34 heavy (non-hydrogen) atoms. The van der Waals surface area contributed by atoms with Crippen LogP contribution < -0.4 is 9.47 Å². The van der Waals surface area contributed by atoms with E-state index in [1.54, 1.807) is 14.2 Å². The van der Waals surface area contributed by atoms with E-state index in [4.69, 9.17) is 21.1 Å². The van der Waals surface area contributed by atoms with E-state index in [1.165, 1.54) is 0 Å². The zero-order chi connectivity index (χ0) is 23.7. The number of nitrogens with one attached hydrogen (secondary N) is 1. The molecule has 2 heterocycles. The van der Waals surface area contributed by atoms with Crippen molar-refractivity contribution < 1.29 is 14.3 Å². The summed E-state index contributed by atoms with van der Waals surface area (Å²) in [4.78, 5) is 15.4. The normalized spacial score (nSPS) is 14.9. The van der Waals surface area contributed by atoms with Crippen LogP contribution in [0.5, 0.6) is 11.5 Å². The first-order valence-corrected chi connectivity index (χ1v) is 11.4. The maximum absolute atomic E-state index is 13.5. The zero-order valence-electron chi connectivity index (χ0n) is 18.9. The highest BCUT2D eigenvalue weighted by Gasteiger charge is 2.42. The fourth-order valence-electron chi connectivity index (χ4n) is 4.46. The molecular weight excluding hydrogens is 450 g/mol. The minimum Gasteiger partial charge on any atom is -0.497 e. The molecule has 0 spiro atoms. The molecule has 5 rings (SSSR count). The summed E-state index contributed by atoms with van der Waals surface area (Å²) >= 11 is 6.35. The highest BCUT2D eigenvalue weighted by molar-refractivity contribution is 6.30. The number of fused-ring (bicyclic) bond motifs is 1. The quantitative estimate of drug-likeness (QED) is 0.383. The van der Waals surface area contributed by atoms with Crippen LogP contribution in [0.4, 0.5) is 0 Å². The van der Waals surface area contributed by atoms with E-state index in [0.29, 0.717) is 23.7 Å². The van der Waals surface area contributed by atoms with Crippen molar-refractivity contribution in [3.63, 3.8) is 0 Å². The summed E-state index contributed by atoms with van der Waals surface area (Å²) in [7, 11) is 3.28. The summed E-state index contributed by atoms with van der Waals surface area (Å²) < 4.78 is 10.5. The van der Waals surface area contributed by atoms with E-state index in [0.717, 1.165) is 39.4 Å². The first kappa shape index (κ1) is 22.0. The van der Waals surface area contributed by atoms with Gasteiger partial charge >= 0.3 is 0 Å². The van der Waals surface area contributed by atoms with Crippen LogP contribution in [0, 0.1) is 0 Å². The Morgan fingerprint density at radius 1 is 0.971 bits per heavy atom. The SMILES string of the molecule is COc1ccc(CCN2C(=O)c3[nH]nc(-c4ccc(OC)cc4)c3C2c2cccc(Cl)c2)cc1. The minimum absolute atomic E-state index is 0.0688. The molecule has 6 nitrogen and oxygen atoms in total. The third-order valence-corrected chi connectivity index (χ3v) is 6.43. The maximum Gasteiger partial charge on any atom is 0.273 e. The number of carbonyl (C=O) groups is 1. The average Bonchev–Trinajstić information content (AvgIpc) is 3.42. The summed E-state index contributed by atoms with van der Waals surface area (Å²) in [6.07, 6.45) is 0.711. The molecule has 1 unspecified atom stereocenters. The molecule has 1 atom stereocenters. The number of hydrogen-bond acceptors (Lipinski definition) is 4. The summed E-state index contributed by atoms with van der Waals surface area (Å²) in [5, 5.41) is 8.15. The molecule has 0 saturated heterocycles. The molecular formula is C27H24ClN3O3. The second-order valence-electron chi connectivity index (χ2n) is 8.14. The molecule has 3 aromatic carbocycles. The zero-order valence-corrected chi connectivity index (χ0v) is 19.7. The van der Waals surface area contributed by atoms with Crippen LogP contribution in [-0.4, -0.2) is 41.8 Å². The van der Waals surface area contributed by atoms with Crippen molar-refractivity contribution in [3.05, 3.63) is 100 Å². The van der Waals surface area contributed by atoms with Crippen molar-refractivity contribution >= 4 is 17.5 Å². The fraction of sp³-hybridized carbons (Fsp3) is 0.185. The molecule has 0 fully saturated rings. The Morgan fingerprint density at radius 3 is 2.29 bits per heavy atom. The van der Waals surface area contributed by atoms with Gasteiger partial charge in [-0.05, 0) is 66.1 Å². The second-order valence-corrected chi connectivity index (χ2v) is 8.58. The lowest BCUT2D eigenvalue weighted by molar-refractivity contribution is 0.0746. The van der Waals surface area contributed by atoms with E-state index in [1.807, 2.05) is 77.7 Å². The predicted molar refractivity (Wildman–Crippen MR) is 132 cm³/mol. The van der Waals surface area contributed by atoms with Crippen LogP contribution in [0.2, 0.25) is 5.02 Å². The summed E-state index contributed by atoms with van der Waals surface area (Å²) in [6, 6.07) is 23.0. The number of aromatic amines is 1. The third kappa shape index (κ3) is 4.01. The number of amides is 1. The van der Waals surface area contributed by atoms with Gasteiger partial charge in [0.05, 0.1) is 26.0 Å². The van der Waals surface area contributed by atoms with Crippen molar-refractivity contribution in [1.82, 2.24) is 15.1 Å². The first-order valence-electron chi connectivity index (χ1n) is 11.0. The molecule has 7 heteroatoms. The Balaban J connectivity index is 1.53. The van der Waals surface area contributed by atoms with Gasteiger partial charge in [0.1, 0.15) is 17.2 Å². The van der Waals surface area contributed by atoms with E-state index in [2.05, 4.69) is 10.2 Å². The van der Waals surface area contributed by atoms with Crippen LogP contribution in [0.1, 0.15) is 33.2 Å². The first-order chi connectivity index (χ1) is 16.6. The average molecular weight is 474 g/mol. The molecule has 0 radical (unpaired) electrons. The van der Waals surface area contributed by atoms with Gasteiger partial charge in [-0.1, -0.05) is 35.9 Å². The monoisotopic (exact) mass is 473 g/mol. The lowest BCUT2D eigenvalue weighted by Gasteiger charge is -2.26. The Bertz CT molecular complexity index is 1320. The molecule has 0 saturated carbocycles. The van der Waals surface area contributed by atoms with Crippen LogP contribution >= 0.6 is 11.6 Å². The minimum atomic E-state index is -0.296. The number of ether oxygens (including phenoxy) is 2. The number of halogens is 1. The highest BCUT2D eigenvalue weighted by Crippen LogP contribution is 2.43. The molecule has 1 aliphatic rings. The molecule has 0 aliphatic carbocycles. The second kappa shape index (κ2) is 9.23. The number of aromatic nitrogens is 2.